The molecule has 2 aromatic carbocycles. The van der Waals surface area contributed by atoms with Crippen LogP contribution in [0.2, 0.25) is 5.02 Å². The molecule has 1 atom stereocenters. The van der Waals surface area contributed by atoms with Crippen molar-refractivity contribution in [3.63, 3.8) is 0 Å². The number of hydrogen-bond acceptors (Lipinski definition) is 5. The molecular formula is C18H17ClN4O3. The maximum Gasteiger partial charge on any atom is 0.292 e. The average Bonchev–Trinajstić information content (AvgIpc) is 3.17. The molecule has 1 heterocycles. The third-order valence-electron chi connectivity index (χ3n) is 4.03. The Labute approximate surface area is 155 Å². The monoisotopic (exact) mass is 372 g/mol. The number of rotatable bonds is 7. The zero-order chi connectivity index (χ0) is 18.5. The van der Waals surface area contributed by atoms with Crippen LogP contribution < -0.4 is 5.32 Å². The lowest BCUT2D eigenvalue weighted by molar-refractivity contribution is -0.384. The molecule has 7 nitrogen and oxygen atoms in total. The standard InChI is InChI=1S/C18H17ClN4O3/c19-15-5-3-14(4-6-15)18(22-9-1-8-21-22)11-20-16-10-13(12-24)2-7-17(16)23(25)26/h1-10,18,20,24H,11-12H2. The third kappa shape index (κ3) is 4.01. The van der Waals surface area contributed by atoms with Gasteiger partial charge in [-0.05, 0) is 41.5 Å². The highest BCUT2D eigenvalue weighted by Gasteiger charge is 2.18. The minimum absolute atomic E-state index is 0.0440. The number of nitrogens with one attached hydrogen (secondary N) is 1. The van der Waals surface area contributed by atoms with Gasteiger partial charge in [-0.15, -0.1) is 0 Å². The van der Waals surface area contributed by atoms with Crippen molar-refractivity contribution in [3.8, 4) is 0 Å². The molecule has 0 spiro atoms. The summed E-state index contributed by atoms with van der Waals surface area (Å²) in [6.45, 7) is 0.186. The molecule has 0 radical (unpaired) electrons. The smallest absolute Gasteiger partial charge is 0.292 e. The summed E-state index contributed by atoms with van der Waals surface area (Å²) in [5, 5.41) is 28.6. The Morgan fingerprint density at radius 1 is 1.27 bits per heavy atom. The van der Waals surface area contributed by atoms with Crippen molar-refractivity contribution in [2.45, 2.75) is 12.6 Å². The minimum Gasteiger partial charge on any atom is -0.392 e. The highest BCUT2D eigenvalue weighted by Crippen LogP contribution is 2.27. The molecule has 0 saturated heterocycles. The first-order chi connectivity index (χ1) is 12.6. The lowest BCUT2D eigenvalue weighted by Gasteiger charge is -2.20. The summed E-state index contributed by atoms with van der Waals surface area (Å²) in [5.74, 6) is 0. The second-order valence-electron chi connectivity index (χ2n) is 5.70. The summed E-state index contributed by atoms with van der Waals surface area (Å²) in [5.41, 5.74) is 1.87. The van der Waals surface area contributed by atoms with E-state index in [9.17, 15) is 15.2 Å². The topological polar surface area (TPSA) is 93.2 Å². The maximum absolute atomic E-state index is 11.3. The highest BCUT2D eigenvalue weighted by atomic mass is 35.5. The molecule has 26 heavy (non-hydrogen) atoms. The molecule has 2 N–H and O–H groups in total. The molecule has 8 heteroatoms. The van der Waals surface area contributed by atoms with Crippen LogP contribution in [0.4, 0.5) is 11.4 Å². The van der Waals surface area contributed by atoms with E-state index in [2.05, 4.69) is 10.4 Å². The summed E-state index contributed by atoms with van der Waals surface area (Å²) in [6, 6.07) is 13.5. The first-order valence-electron chi connectivity index (χ1n) is 7.95. The van der Waals surface area contributed by atoms with Gasteiger partial charge in [0, 0.05) is 30.0 Å². The van der Waals surface area contributed by atoms with Gasteiger partial charge in [-0.2, -0.15) is 5.10 Å². The Morgan fingerprint density at radius 3 is 2.65 bits per heavy atom. The molecule has 0 aliphatic heterocycles. The van der Waals surface area contributed by atoms with Gasteiger partial charge in [-0.25, -0.2) is 0 Å². The molecule has 1 unspecified atom stereocenters. The van der Waals surface area contributed by atoms with Gasteiger partial charge in [0.1, 0.15) is 5.69 Å². The van der Waals surface area contributed by atoms with E-state index in [0.29, 0.717) is 22.8 Å². The van der Waals surface area contributed by atoms with E-state index in [-0.39, 0.29) is 18.3 Å². The largest absolute Gasteiger partial charge is 0.392 e. The number of nitro benzene ring substituents is 1. The molecular weight excluding hydrogens is 356 g/mol. The molecule has 3 aromatic rings. The van der Waals surface area contributed by atoms with Crippen molar-refractivity contribution >= 4 is 23.0 Å². The lowest BCUT2D eigenvalue weighted by atomic mass is 10.1. The summed E-state index contributed by atoms with van der Waals surface area (Å²) in [7, 11) is 0. The molecule has 1 aromatic heterocycles. The number of hydrogen-bond donors (Lipinski definition) is 2. The van der Waals surface area contributed by atoms with E-state index >= 15 is 0 Å². The molecule has 0 bridgehead atoms. The van der Waals surface area contributed by atoms with E-state index in [1.165, 1.54) is 12.1 Å². The van der Waals surface area contributed by atoms with Gasteiger partial charge in [-0.1, -0.05) is 23.7 Å². The van der Waals surface area contributed by atoms with Crippen LogP contribution in [0.15, 0.2) is 60.9 Å². The maximum atomic E-state index is 11.3. The van der Waals surface area contributed by atoms with Gasteiger partial charge in [-0.3, -0.25) is 14.8 Å². The molecule has 0 fully saturated rings. The third-order valence-corrected chi connectivity index (χ3v) is 4.28. The molecule has 134 valence electrons. The molecule has 0 amide bonds. The van der Waals surface area contributed by atoms with Gasteiger partial charge < -0.3 is 10.4 Å². The van der Waals surface area contributed by atoms with Crippen LogP contribution in [-0.2, 0) is 6.61 Å². The highest BCUT2D eigenvalue weighted by molar-refractivity contribution is 6.30. The number of benzene rings is 2. The Morgan fingerprint density at radius 2 is 2.04 bits per heavy atom. The Hall–Kier alpha value is -2.90. The zero-order valence-corrected chi connectivity index (χ0v) is 14.5. The normalized spacial score (nSPS) is 11.9. The number of nitro groups is 1. The quantitative estimate of drug-likeness (QED) is 0.488. The second-order valence-corrected chi connectivity index (χ2v) is 6.14. The fraction of sp³-hybridized carbons (Fsp3) is 0.167. The van der Waals surface area contributed by atoms with Crippen LogP contribution in [-0.4, -0.2) is 26.4 Å². The van der Waals surface area contributed by atoms with Gasteiger partial charge in [0.25, 0.3) is 5.69 Å². The van der Waals surface area contributed by atoms with E-state index in [1.807, 2.05) is 24.4 Å². The molecule has 0 aliphatic rings. The minimum atomic E-state index is -0.450. The second kappa shape index (κ2) is 7.99. The van der Waals surface area contributed by atoms with Crippen LogP contribution in [0, 0.1) is 10.1 Å². The number of aromatic nitrogens is 2. The Kier molecular flexibility index (Phi) is 5.50. The zero-order valence-electron chi connectivity index (χ0n) is 13.7. The predicted molar refractivity (Wildman–Crippen MR) is 99.3 cm³/mol. The first-order valence-corrected chi connectivity index (χ1v) is 8.33. The van der Waals surface area contributed by atoms with Crippen LogP contribution in [0.1, 0.15) is 17.2 Å². The summed E-state index contributed by atoms with van der Waals surface area (Å²) >= 11 is 5.97. The number of aliphatic hydroxyl groups excluding tert-OH is 1. The van der Waals surface area contributed by atoms with E-state index in [1.54, 1.807) is 29.1 Å². The Balaban J connectivity index is 1.89. The van der Waals surface area contributed by atoms with Crippen molar-refractivity contribution in [1.29, 1.82) is 0 Å². The van der Waals surface area contributed by atoms with Crippen molar-refractivity contribution in [1.82, 2.24) is 9.78 Å². The lowest BCUT2D eigenvalue weighted by Crippen LogP contribution is -2.21. The number of anilines is 1. The van der Waals surface area contributed by atoms with Gasteiger partial charge in [0.15, 0.2) is 0 Å². The fourth-order valence-corrected chi connectivity index (χ4v) is 2.83. The van der Waals surface area contributed by atoms with Crippen molar-refractivity contribution in [2.75, 3.05) is 11.9 Å². The van der Waals surface area contributed by atoms with Crippen molar-refractivity contribution < 1.29 is 10.0 Å². The first kappa shape index (κ1) is 17.9. The van der Waals surface area contributed by atoms with Crippen LogP contribution in [0.5, 0.6) is 0 Å². The molecule has 0 saturated carbocycles. The number of aliphatic hydroxyl groups is 1. The van der Waals surface area contributed by atoms with Crippen molar-refractivity contribution in [2.24, 2.45) is 0 Å². The van der Waals surface area contributed by atoms with Gasteiger partial charge in [0.2, 0.25) is 0 Å². The predicted octanol–water partition coefficient (Wildman–Crippen LogP) is 3.64. The Bertz CT molecular complexity index is 882. The average molecular weight is 373 g/mol. The van der Waals surface area contributed by atoms with Gasteiger partial charge >= 0.3 is 0 Å². The van der Waals surface area contributed by atoms with Crippen LogP contribution >= 0.6 is 11.6 Å². The molecule has 0 aliphatic carbocycles. The van der Waals surface area contributed by atoms with Crippen molar-refractivity contribution in [3.05, 3.63) is 87.2 Å². The molecule has 3 rings (SSSR count). The number of nitrogens with zero attached hydrogens (tertiary/aromatic N) is 3. The van der Waals surface area contributed by atoms with E-state index in [4.69, 9.17) is 11.6 Å². The van der Waals surface area contributed by atoms with E-state index in [0.717, 1.165) is 5.56 Å². The number of halogens is 1. The van der Waals surface area contributed by atoms with Crippen LogP contribution in [0.3, 0.4) is 0 Å². The SMILES string of the molecule is O=[N+]([O-])c1ccc(CO)cc1NCC(c1ccc(Cl)cc1)n1cccn1. The van der Waals surface area contributed by atoms with Crippen LogP contribution in [0.25, 0.3) is 0 Å². The summed E-state index contributed by atoms with van der Waals surface area (Å²) in [4.78, 5) is 10.8. The fourth-order valence-electron chi connectivity index (χ4n) is 2.70. The van der Waals surface area contributed by atoms with E-state index < -0.39 is 4.92 Å². The van der Waals surface area contributed by atoms with Gasteiger partial charge in [0.05, 0.1) is 17.6 Å². The summed E-state index contributed by atoms with van der Waals surface area (Å²) < 4.78 is 1.78. The summed E-state index contributed by atoms with van der Waals surface area (Å²) in [6.07, 6.45) is 3.51.